The molecule has 20 heavy (non-hydrogen) atoms. The summed E-state index contributed by atoms with van der Waals surface area (Å²) < 4.78 is 8.68. The first-order valence-corrected chi connectivity index (χ1v) is 9.98. The number of hydrogen-bond acceptors (Lipinski definition) is 5. The summed E-state index contributed by atoms with van der Waals surface area (Å²) in [5.41, 5.74) is 0.0587. The highest BCUT2D eigenvalue weighted by Gasteiger charge is 2.42. The molecule has 108 valence electrons. The van der Waals surface area contributed by atoms with E-state index in [1.165, 1.54) is 15.2 Å². The third kappa shape index (κ3) is 2.33. The lowest BCUT2D eigenvalue weighted by Crippen LogP contribution is -2.41. The second-order valence-electron chi connectivity index (χ2n) is 5.83. The number of aliphatic hydroxyl groups is 1. The van der Waals surface area contributed by atoms with Gasteiger partial charge in [-0.15, -0.1) is 22.7 Å². The number of hydrogen-bond donors (Lipinski definition) is 1. The molecule has 0 radical (unpaired) electrons. The van der Waals surface area contributed by atoms with Gasteiger partial charge >= 0.3 is 0 Å². The Balaban J connectivity index is 1.55. The van der Waals surface area contributed by atoms with E-state index < -0.39 is 0 Å². The molecule has 0 aliphatic carbocycles. The highest BCUT2D eigenvalue weighted by Crippen LogP contribution is 2.45. The molecule has 2 aliphatic rings. The van der Waals surface area contributed by atoms with E-state index in [9.17, 15) is 5.11 Å². The quantitative estimate of drug-likeness (QED) is 0.892. The van der Waals surface area contributed by atoms with Crippen LogP contribution in [0.5, 0.6) is 0 Å². The van der Waals surface area contributed by atoms with Crippen LogP contribution >= 0.6 is 34.4 Å². The van der Waals surface area contributed by atoms with Crippen molar-refractivity contribution >= 4 is 43.8 Å². The molecule has 4 rings (SSSR count). The molecular formula is C15H18O2S3. The van der Waals surface area contributed by atoms with Gasteiger partial charge in [-0.1, -0.05) is 0 Å². The zero-order chi connectivity index (χ0) is 13.6. The lowest BCUT2D eigenvalue weighted by Gasteiger charge is -2.39. The van der Waals surface area contributed by atoms with Gasteiger partial charge in [-0.2, -0.15) is 11.8 Å². The Kier molecular flexibility index (Phi) is 3.59. The van der Waals surface area contributed by atoms with Crippen molar-refractivity contribution in [1.29, 1.82) is 0 Å². The predicted molar refractivity (Wildman–Crippen MR) is 88.0 cm³/mol. The van der Waals surface area contributed by atoms with Gasteiger partial charge in [-0.3, -0.25) is 0 Å². The molecular weight excluding hydrogens is 308 g/mol. The van der Waals surface area contributed by atoms with Crippen LogP contribution in [0.3, 0.4) is 0 Å². The maximum absolute atomic E-state index is 10.8. The minimum atomic E-state index is -0.314. The van der Waals surface area contributed by atoms with Crippen molar-refractivity contribution in [1.82, 2.24) is 0 Å². The number of fused-ring (bicyclic) bond motifs is 1. The minimum Gasteiger partial charge on any atom is -0.387 e. The Labute approximate surface area is 131 Å². The molecule has 2 aliphatic heterocycles. The van der Waals surface area contributed by atoms with Crippen molar-refractivity contribution in [2.75, 3.05) is 18.1 Å². The molecule has 2 aromatic rings. The third-order valence-electron chi connectivity index (χ3n) is 4.49. The number of rotatable bonds is 2. The van der Waals surface area contributed by atoms with E-state index in [2.05, 4.69) is 17.5 Å². The van der Waals surface area contributed by atoms with E-state index in [4.69, 9.17) is 4.74 Å². The lowest BCUT2D eigenvalue weighted by atomic mass is 9.82. The van der Waals surface area contributed by atoms with Crippen LogP contribution < -0.4 is 0 Å². The number of thioether (sulfide) groups is 1. The number of thiophene rings is 2. The van der Waals surface area contributed by atoms with Crippen LogP contribution in [-0.4, -0.2) is 28.8 Å². The smallest absolute Gasteiger partial charge is 0.0912 e. The topological polar surface area (TPSA) is 29.5 Å². The molecule has 0 amide bonds. The van der Waals surface area contributed by atoms with Crippen LogP contribution in [0.1, 0.15) is 30.2 Å². The molecule has 3 unspecified atom stereocenters. The number of aliphatic hydroxyl groups excluding tert-OH is 1. The van der Waals surface area contributed by atoms with Crippen molar-refractivity contribution in [3.05, 3.63) is 22.4 Å². The Bertz CT molecular complexity index is 569. The van der Waals surface area contributed by atoms with Gasteiger partial charge in [-0.25, -0.2) is 0 Å². The zero-order valence-corrected chi connectivity index (χ0v) is 13.7. The van der Waals surface area contributed by atoms with Crippen molar-refractivity contribution in [3.8, 4) is 0 Å². The van der Waals surface area contributed by atoms with E-state index in [0.29, 0.717) is 5.92 Å². The Morgan fingerprint density at radius 1 is 1.40 bits per heavy atom. The van der Waals surface area contributed by atoms with Crippen molar-refractivity contribution in [2.45, 2.75) is 31.0 Å². The molecule has 0 saturated carbocycles. The molecule has 0 bridgehead atoms. The lowest BCUT2D eigenvalue weighted by molar-refractivity contribution is -0.101. The molecule has 5 heteroatoms. The van der Waals surface area contributed by atoms with Gasteiger partial charge in [0.05, 0.1) is 11.7 Å². The maximum Gasteiger partial charge on any atom is 0.0912 e. The van der Waals surface area contributed by atoms with Gasteiger partial charge in [0.2, 0.25) is 0 Å². The van der Waals surface area contributed by atoms with Gasteiger partial charge in [0, 0.05) is 26.6 Å². The normalized spacial score (nSPS) is 32.1. The Morgan fingerprint density at radius 3 is 3.15 bits per heavy atom. The molecule has 0 aromatic carbocycles. The fraction of sp³-hybridized carbons (Fsp3) is 0.600. The van der Waals surface area contributed by atoms with Gasteiger partial charge < -0.3 is 9.84 Å². The molecule has 1 spiro atoms. The van der Waals surface area contributed by atoms with Crippen LogP contribution in [0.25, 0.3) is 9.40 Å². The standard InChI is InChI=1S/C15H18O2S3/c16-14(13-7-12-11(20-13)2-5-19-12)10-1-4-17-15(8-10)3-6-18-9-15/h2,5,7,10,14,16H,1,3-4,6,8-9H2. The first-order valence-electron chi connectivity index (χ1n) is 7.12. The molecule has 2 fully saturated rings. The summed E-state index contributed by atoms with van der Waals surface area (Å²) in [6.45, 7) is 0.808. The van der Waals surface area contributed by atoms with Crippen LogP contribution in [0.4, 0.5) is 0 Å². The molecule has 2 nitrogen and oxygen atoms in total. The van der Waals surface area contributed by atoms with Crippen LogP contribution in [0.15, 0.2) is 17.5 Å². The first kappa shape index (κ1) is 13.6. The van der Waals surface area contributed by atoms with E-state index in [1.807, 2.05) is 11.8 Å². The summed E-state index contributed by atoms with van der Waals surface area (Å²) in [6.07, 6.45) is 2.85. The SMILES string of the molecule is OC(c1cc2sccc2s1)C1CCOC2(CCSC2)C1. The molecule has 4 heterocycles. The Morgan fingerprint density at radius 2 is 2.35 bits per heavy atom. The summed E-state index contributed by atoms with van der Waals surface area (Å²) in [7, 11) is 0. The Hall–Kier alpha value is -0.0700. The van der Waals surface area contributed by atoms with Crippen LogP contribution in [0.2, 0.25) is 0 Å². The summed E-state index contributed by atoms with van der Waals surface area (Å²) in [4.78, 5) is 1.14. The second kappa shape index (κ2) is 5.29. The predicted octanol–water partition coefficient (Wildman–Crippen LogP) is 4.30. The zero-order valence-electron chi connectivity index (χ0n) is 11.2. The summed E-state index contributed by atoms with van der Waals surface area (Å²) >= 11 is 5.51. The largest absolute Gasteiger partial charge is 0.387 e. The highest BCUT2D eigenvalue weighted by atomic mass is 32.2. The molecule has 2 saturated heterocycles. The van der Waals surface area contributed by atoms with Gasteiger partial charge in [0.15, 0.2) is 0 Å². The minimum absolute atomic E-state index is 0.0587. The average molecular weight is 327 g/mol. The van der Waals surface area contributed by atoms with Gasteiger partial charge in [0.25, 0.3) is 0 Å². The summed E-state index contributed by atoms with van der Waals surface area (Å²) in [6, 6.07) is 4.33. The maximum atomic E-state index is 10.8. The number of ether oxygens (including phenoxy) is 1. The van der Waals surface area contributed by atoms with E-state index in [1.54, 1.807) is 22.7 Å². The van der Waals surface area contributed by atoms with Gasteiger partial charge in [-0.05, 0) is 48.4 Å². The summed E-state index contributed by atoms with van der Waals surface area (Å²) in [5.74, 6) is 2.67. The molecule has 2 aromatic heterocycles. The monoisotopic (exact) mass is 326 g/mol. The van der Waals surface area contributed by atoms with Crippen LogP contribution in [-0.2, 0) is 4.74 Å². The fourth-order valence-corrected chi connectivity index (χ4v) is 6.94. The first-order chi connectivity index (χ1) is 9.76. The van der Waals surface area contributed by atoms with Crippen molar-refractivity contribution in [2.24, 2.45) is 5.92 Å². The van der Waals surface area contributed by atoms with Crippen molar-refractivity contribution in [3.63, 3.8) is 0 Å². The fourth-order valence-electron chi connectivity index (χ4n) is 3.36. The second-order valence-corrected chi connectivity index (χ2v) is 9.00. The average Bonchev–Trinajstić information content (AvgIpc) is 3.13. The summed E-state index contributed by atoms with van der Waals surface area (Å²) in [5, 5.41) is 12.9. The highest BCUT2D eigenvalue weighted by molar-refractivity contribution is 7.99. The van der Waals surface area contributed by atoms with E-state index in [0.717, 1.165) is 36.5 Å². The molecule has 1 N–H and O–H groups in total. The van der Waals surface area contributed by atoms with E-state index in [-0.39, 0.29) is 11.7 Å². The van der Waals surface area contributed by atoms with Crippen molar-refractivity contribution < 1.29 is 9.84 Å². The molecule has 3 atom stereocenters. The van der Waals surface area contributed by atoms with Crippen LogP contribution in [0, 0.1) is 5.92 Å². The van der Waals surface area contributed by atoms with E-state index >= 15 is 0 Å². The third-order valence-corrected chi connectivity index (χ3v) is 7.88. The van der Waals surface area contributed by atoms with Gasteiger partial charge in [0.1, 0.15) is 0 Å².